The fourth-order valence-corrected chi connectivity index (χ4v) is 4.27. The molecule has 2 aliphatic rings. The van der Waals surface area contributed by atoms with Gasteiger partial charge in [0.05, 0.1) is 5.56 Å². The number of aromatic amines is 1. The molecule has 0 radical (unpaired) electrons. The van der Waals surface area contributed by atoms with Crippen LogP contribution in [0.25, 0.3) is 0 Å². The molecule has 2 saturated heterocycles. The topological polar surface area (TPSA) is 82.4 Å². The molecule has 28 heavy (non-hydrogen) atoms. The minimum absolute atomic E-state index is 0. The highest BCUT2D eigenvalue weighted by molar-refractivity contribution is 5.99. The predicted octanol–water partition coefficient (Wildman–Crippen LogP) is 2.49. The van der Waals surface area contributed by atoms with Crippen LogP contribution in [0.5, 0.6) is 0 Å². The standard InChI is InChI=1S/C21H26N4O2.ClH/c22-11-17-13-25(14-18(17)15-6-2-1-3-7-15)20(26)16-10-19(23-12-16)21(27)24-8-4-5-9-24;/h1-3,6-7,10,12,17-18,23H,4-5,8-9,11,13-14,22H2;1H/t17-,18+;/m1./s1. The first-order chi connectivity index (χ1) is 13.2. The van der Waals surface area contributed by atoms with Crippen molar-refractivity contribution in [2.45, 2.75) is 18.8 Å². The Morgan fingerprint density at radius 1 is 1.04 bits per heavy atom. The van der Waals surface area contributed by atoms with E-state index in [2.05, 4.69) is 17.1 Å². The Morgan fingerprint density at radius 2 is 1.75 bits per heavy atom. The number of nitrogens with two attached hydrogens (primary N) is 1. The molecule has 3 N–H and O–H groups in total. The third-order valence-corrected chi connectivity index (χ3v) is 5.81. The Morgan fingerprint density at radius 3 is 2.43 bits per heavy atom. The van der Waals surface area contributed by atoms with Gasteiger partial charge in [0, 0.05) is 38.3 Å². The van der Waals surface area contributed by atoms with Gasteiger partial charge in [0.2, 0.25) is 0 Å². The second-order valence-corrected chi connectivity index (χ2v) is 7.52. The molecule has 2 fully saturated rings. The third kappa shape index (κ3) is 3.93. The number of carbonyl (C=O) groups is 2. The molecule has 150 valence electrons. The van der Waals surface area contributed by atoms with Crippen LogP contribution in [0.4, 0.5) is 0 Å². The molecule has 7 heteroatoms. The zero-order valence-corrected chi connectivity index (χ0v) is 16.7. The average Bonchev–Trinajstić information content (AvgIpc) is 3.48. The van der Waals surface area contributed by atoms with Crippen molar-refractivity contribution in [1.82, 2.24) is 14.8 Å². The number of likely N-dealkylation sites (tertiary alicyclic amines) is 2. The summed E-state index contributed by atoms with van der Waals surface area (Å²) in [4.78, 5) is 32.2. The summed E-state index contributed by atoms with van der Waals surface area (Å²) >= 11 is 0. The Hall–Kier alpha value is -2.31. The molecule has 1 aromatic carbocycles. The molecular formula is C21H27ClN4O2. The molecule has 2 aromatic rings. The first kappa shape index (κ1) is 20.4. The van der Waals surface area contributed by atoms with Gasteiger partial charge in [-0.05, 0) is 36.9 Å². The first-order valence-corrected chi connectivity index (χ1v) is 9.69. The summed E-state index contributed by atoms with van der Waals surface area (Å²) in [5.74, 6) is 0.448. The van der Waals surface area contributed by atoms with Crippen molar-refractivity contribution in [2.75, 3.05) is 32.7 Å². The normalized spacial score (nSPS) is 21.6. The molecule has 3 heterocycles. The van der Waals surface area contributed by atoms with E-state index in [1.165, 1.54) is 5.56 Å². The van der Waals surface area contributed by atoms with Crippen LogP contribution in [-0.2, 0) is 0 Å². The van der Waals surface area contributed by atoms with Crippen LogP contribution in [0.1, 0.15) is 45.2 Å². The number of carbonyl (C=O) groups excluding carboxylic acids is 2. The van der Waals surface area contributed by atoms with Crippen molar-refractivity contribution in [3.63, 3.8) is 0 Å². The van der Waals surface area contributed by atoms with E-state index in [1.54, 1.807) is 12.3 Å². The summed E-state index contributed by atoms with van der Waals surface area (Å²) in [6.45, 7) is 3.45. The second kappa shape index (κ2) is 8.80. The Kier molecular flexibility index (Phi) is 6.42. The number of nitrogens with one attached hydrogen (secondary N) is 1. The van der Waals surface area contributed by atoms with Gasteiger partial charge in [0.25, 0.3) is 11.8 Å². The van der Waals surface area contributed by atoms with Crippen molar-refractivity contribution in [1.29, 1.82) is 0 Å². The van der Waals surface area contributed by atoms with Crippen molar-refractivity contribution < 1.29 is 9.59 Å². The molecule has 0 spiro atoms. The lowest BCUT2D eigenvalue weighted by Crippen LogP contribution is -2.30. The molecule has 0 unspecified atom stereocenters. The summed E-state index contributed by atoms with van der Waals surface area (Å²) in [7, 11) is 0. The third-order valence-electron chi connectivity index (χ3n) is 5.81. The maximum atomic E-state index is 13.0. The van der Waals surface area contributed by atoms with Crippen molar-refractivity contribution >= 4 is 24.2 Å². The number of aromatic nitrogens is 1. The number of rotatable bonds is 4. The number of halogens is 1. The van der Waals surface area contributed by atoms with Crippen molar-refractivity contribution in [3.05, 3.63) is 59.4 Å². The molecule has 0 bridgehead atoms. The smallest absolute Gasteiger partial charge is 0.270 e. The van der Waals surface area contributed by atoms with Crippen LogP contribution >= 0.6 is 12.4 Å². The van der Waals surface area contributed by atoms with E-state index in [9.17, 15) is 9.59 Å². The van der Waals surface area contributed by atoms with Gasteiger partial charge >= 0.3 is 0 Å². The van der Waals surface area contributed by atoms with Gasteiger partial charge in [-0.1, -0.05) is 30.3 Å². The van der Waals surface area contributed by atoms with Crippen LogP contribution in [-0.4, -0.2) is 59.3 Å². The summed E-state index contributed by atoms with van der Waals surface area (Å²) in [5, 5.41) is 0. The van der Waals surface area contributed by atoms with Gasteiger partial charge in [0.15, 0.2) is 0 Å². The summed E-state index contributed by atoms with van der Waals surface area (Å²) in [5.41, 5.74) is 8.24. The van der Waals surface area contributed by atoms with Gasteiger partial charge < -0.3 is 20.5 Å². The summed E-state index contributed by atoms with van der Waals surface area (Å²) in [6, 6.07) is 11.9. The lowest BCUT2D eigenvalue weighted by molar-refractivity contribution is 0.0784. The number of amides is 2. The van der Waals surface area contributed by atoms with Crippen LogP contribution in [0, 0.1) is 5.92 Å². The molecule has 1 aromatic heterocycles. The number of H-pyrrole nitrogens is 1. The fourth-order valence-electron chi connectivity index (χ4n) is 4.27. The van der Waals surface area contributed by atoms with E-state index in [0.29, 0.717) is 30.9 Å². The van der Waals surface area contributed by atoms with E-state index in [0.717, 1.165) is 25.9 Å². The SMILES string of the molecule is Cl.NC[C@@H]1CN(C(=O)c2c[nH]c(C(=O)N3CCCC3)c2)C[C@H]1c1ccccc1. The van der Waals surface area contributed by atoms with Gasteiger partial charge in [-0.2, -0.15) is 0 Å². The molecule has 0 saturated carbocycles. The minimum atomic E-state index is -0.0383. The van der Waals surface area contributed by atoms with E-state index >= 15 is 0 Å². The van der Waals surface area contributed by atoms with Crippen LogP contribution < -0.4 is 5.73 Å². The summed E-state index contributed by atoms with van der Waals surface area (Å²) < 4.78 is 0. The van der Waals surface area contributed by atoms with Gasteiger partial charge in [-0.15, -0.1) is 12.4 Å². The monoisotopic (exact) mass is 402 g/mol. The van der Waals surface area contributed by atoms with E-state index in [4.69, 9.17) is 5.73 Å². The zero-order valence-electron chi connectivity index (χ0n) is 15.8. The molecule has 6 nitrogen and oxygen atoms in total. The lowest BCUT2D eigenvalue weighted by atomic mass is 9.89. The Labute approximate surface area is 171 Å². The highest BCUT2D eigenvalue weighted by Gasteiger charge is 2.36. The minimum Gasteiger partial charge on any atom is -0.356 e. The second-order valence-electron chi connectivity index (χ2n) is 7.52. The molecule has 4 rings (SSSR count). The Balaban J connectivity index is 0.00000225. The Bertz CT molecular complexity index is 817. The number of hydrogen-bond donors (Lipinski definition) is 2. The highest BCUT2D eigenvalue weighted by atomic mass is 35.5. The molecule has 2 amide bonds. The average molecular weight is 403 g/mol. The van der Waals surface area contributed by atoms with Crippen molar-refractivity contribution in [3.8, 4) is 0 Å². The van der Waals surface area contributed by atoms with Crippen LogP contribution in [0.2, 0.25) is 0 Å². The maximum absolute atomic E-state index is 13.0. The molecular weight excluding hydrogens is 376 g/mol. The van der Waals surface area contributed by atoms with Gasteiger partial charge in [0.1, 0.15) is 5.69 Å². The largest absolute Gasteiger partial charge is 0.356 e. The van der Waals surface area contributed by atoms with E-state index < -0.39 is 0 Å². The van der Waals surface area contributed by atoms with Crippen LogP contribution in [0.15, 0.2) is 42.6 Å². The maximum Gasteiger partial charge on any atom is 0.270 e. The number of nitrogens with zero attached hydrogens (tertiary/aromatic N) is 2. The molecule has 2 atom stereocenters. The van der Waals surface area contributed by atoms with Crippen molar-refractivity contribution in [2.24, 2.45) is 11.7 Å². The fraction of sp³-hybridized carbons (Fsp3) is 0.429. The molecule has 2 aliphatic heterocycles. The number of benzene rings is 1. The van der Waals surface area contributed by atoms with E-state index in [-0.39, 0.29) is 36.1 Å². The van der Waals surface area contributed by atoms with Crippen LogP contribution in [0.3, 0.4) is 0 Å². The zero-order chi connectivity index (χ0) is 18.8. The molecule has 0 aliphatic carbocycles. The quantitative estimate of drug-likeness (QED) is 0.824. The van der Waals surface area contributed by atoms with E-state index in [1.807, 2.05) is 28.0 Å². The highest BCUT2D eigenvalue weighted by Crippen LogP contribution is 2.32. The number of hydrogen-bond acceptors (Lipinski definition) is 3. The van der Waals surface area contributed by atoms with Gasteiger partial charge in [-0.25, -0.2) is 0 Å². The summed E-state index contributed by atoms with van der Waals surface area (Å²) in [6.07, 6.45) is 3.75. The predicted molar refractivity (Wildman–Crippen MR) is 111 cm³/mol. The first-order valence-electron chi connectivity index (χ1n) is 9.69. The van der Waals surface area contributed by atoms with Gasteiger partial charge in [-0.3, -0.25) is 9.59 Å². The lowest BCUT2D eigenvalue weighted by Gasteiger charge is -2.16.